The number of carbonyl (C=O) groups is 1. The lowest BCUT2D eigenvalue weighted by Crippen LogP contribution is -2.33. The predicted molar refractivity (Wildman–Crippen MR) is 101 cm³/mol. The molecule has 5 heteroatoms. The third-order valence-corrected chi connectivity index (χ3v) is 5.35. The summed E-state index contributed by atoms with van der Waals surface area (Å²) in [4.78, 5) is 12.4. The molecule has 0 spiro atoms. The first-order valence-corrected chi connectivity index (χ1v) is 9.54. The van der Waals surface area contributed by atoms with Crippen molar-refractivity contribution in [2.24, 2.45) is 0 Å². The number of nitrogens with one attached hydrogen (secondary N) is 1. The van der Waals surface area contributed by atoms with Crippen molar-refractivity contribution < 1.29 is 14.3 Å². The molecule has 0 saturated carbocycles. The summed E-state index contributed by atoms with van der Waals surface area (Å²) in [5.74, 6) is 2.38. The van der Waals surface area contributed by atoms with Gasteiger partial charge in [0.1, 0.15) is 13.2 Å². The van der Waals surface area contributed by atoms with E-state index in [1.54, 1.807) is 11.8 Å². The van der Waals surface area contributed by atoms with Gasteiger partial charge in [-0.1, -0.05) is 36.4 Å². The van der Waals surface area contributed by atoms with Crippen molar-refractivity contribution in [3.63, 3.8) is 0 Å². The first-order valence-electron chi connectivity index (χ1n) is 8.49. The van der Waals surface area contributed by atoms with Crippen LogP contribution in [-0.2, 0) is 10.5 Å². The molecule has 0 aromatic heterocycles. The van der Waals surface area contributed by atoms with Crippen molar-refractivity contribution in [3.8, 4) is 11.5 Å². The number of carbonyl (C=O) groups excluding carboxylic acids is 1. The molecule has 0 unspecified atom stereocenters. The fourth-order valence-electron chi connectivity index (χ4n) is 2.61. The lowest BCUT2D eigenvalue weighted by atomic mass is 10.1. The first kappa shape index (κ1) is 17.7. The molecule has 4 nitrogen and oxygen atoms in total. The molecule has 1 N–H and O–H groups in total. The summed E-state index contributed by atoms with van der Waals surface area (Å²) in [6.07, 6.45) is 0. The van der Waals surface area contributed by atoms with Gasteiger partial charge in [-0.3, -0.25) is 4.79 Å². The molecule has 1 amide bonds. The summed E-state index contributed by atoms with van der Waals surface area (Å²) in [7, 11) is 0. The average Bonchev–Trinajstić information content (AvgIpc) is 2.66. The summed E-state index contributed by atoms with van der Waals surface area (Å²) < 4.78 is 11.1. The van der Waals surface area contributed by atoms with Gasteiger partial charge >= 0.3 is 0 Å². The monoisotopic (exact) mass is 357 g/mol. The van der Waals surface area contributed by atoms with Gasteiger partial charge in [-0.05, 0) is 37.1 Å². The maximum atomic E-state index is 12.4. The van der Waals surface area contributed by atoms with Crippen LogP contribution >= 0.6 is 11.8 Å². The number of amides is 1. The van der Waals surface area contributed by atoms with Crippen LogP contribution in [0.3, 0.4) is 0 Å². The van der Waals surface area contributed by atoms with Crippen LogP contribution in [0.15, 0.2) is 48.5 Å². The van der Waals surface area contributed by atoms with Gasteiger partial charge in [-0.25, -0.2) is 0 Å². The van der Waals surface area contributed by atoms with Crippen LogP contribution < -0.4 is 14.8 Å². The molecule has 25 heavy (non-hydrogen) atoms. The molecule has 0 saturated heterocycles. The van der Waals surface area contributed by atoms with E-state index in [2.05, 4.69) is 17.4 Å². The summed E-state index contributed by atoms with van der Waals surface area (Å²) in [6.45, 7) is 5.07. The van der Waals surface area contributed by atoms with Crippen molar-refractivity contribution in [1.29, 1.82) is 0 Å². The van der Waals surface area contributed by atoms with E-state index in [9.17, 15) is 4.79 Å². The zero-order valence-electron chi connectivity index (χ0n) is 14.5. The normalized spacial score (nSPS) is 15.3. The van der Waals surface area contributed by atoms with Gasteiger partial charge in [-0.15, -0.1) is 11.8 Å². The van der Waals surface area contributed by atoms with E-state index in [4.69, 9.17) is 9.47 Å². The second-order valence-corrected chi connectivity index (χ2v) is 7.40. The quantitative estimate of drug-likeness (QED) is 0.850. The Hall–Kier alpha value is -2.14. The Morgan fingerprint density at radius 1 is 1.08 bits per heavy atom. The molecule has 132 valence electrons. The Bertz CT molecular complexity index is 720. The van der Waals surface area contributed by atoms with Crippen molar-refractivity contribution >= 4 is 17.7 Å². The Balaban J connectivity index is 1.54. The second kappa shape index (κ2) is 8.30. The van der Waals surface area contributed by atoms with Crippen LogP contribution in [0.25, 0.3) is 0 Å². The van der Waals surface area contributed by atoms with E-state index in [0.29, 0.717) is 13.2 Å². The third kappa shape index (κ3) is 4.69. The number of rotatable bonds is 6. The Morgan fingerprint density at radius 2 is 1.80 bits per heavy atom. The predicted octanol–water partition coefficient (Wildman–Crippen LogP) is 3.96. The number of hydrogen-bond acceptors (Lipinski definition) is 4. The van der Waals surface area contributed by atoms with Crippen molar-refractivity contribution in [3.05, 3.63) is 59.7 Å². The lowest BCUT2D eigenvalue weighted by Gasteiger charge is -2.22. The largest absolute Gasteiger partial charge is 0.486 e. The zero-order valence-corrected chi connectivity index (χ0v) is 15.3. The number of hydrogen-bond donors (Lipinski definition) is 1. The maximum Gasteiger partial charge on any atom is 0.233 e. The molecule has 2 atom stereocenters. The average molecular weight is 357 g/mol. The molecule has 2 aromatic rings. The molecule has 3 rings (SSSR count). The van der Waals surface area contributed by atoms with Crippen LogP contribution in [0.5, 0.6) is 11.5 Å². The Kier molecular flexibility index (Phi) is 5.87. The van der Waals surface area contributed by atoms with Crippen molar-refractivity contribution in [2.75, 3.05) is 13.2 Å². The van der Waals surface area contributed by atoms with E-state index in [1.807, 2.05) is 50.2 Å². The van der Waals surface area contributed by atoms with E-state index in [-0.39, 0.29) is 17.2 Å². The third-order valence-electron chi connectivity index (χ3n) is 4.14. The van der Waals surface area contributed by atoms with Gasteiger partial charge in [0.2, 0.25) is 5.91 Å². The number of fused-ring (bicyclic) bond motifs is 1. The summed E-state index contributed by atoms with van der Waals surface area (Å²) in [5.41, 5.74) is 2.24. The summed E-state index contributed by atoms with van der Waals surface area (Å²) in [5, 5.41) is 2.97. The number of thioether (sulfide) groups is 1. The highest BCUT2D eigenvalue weighted by Crippen LogP contribution is 2.32. The zero-order chi connectivity index (χ0) is 17.6. The standard InChI is InChI=1S/C20H23NO3S/c1-14(17-8-9-18-19(12-17)24-11-10-23-18)21-20(22)15(2)25-13-16-6-4-3-5-7-16/h3-9,12,14-15H,10-11,13H2,1-2H3,(H,21,22)/t14-,15+/m1/s1. The van der Waals surface area contributed by atoms with Crippen LogP contribution in [0, 0.1) is 0 Å². The minimum Gasteiger partial charge on any atom is -0.486 e. The second-order valence-electron chi connectivity index (χ2n) is 6.07. The molecule has 1 aliphatic rings. The fraction of sp³-hybridized carbons (Fsp3) is 0.350. The highest BCUT2D eigenvalue weighted by Gasteiger charge is 2.19. The van der Waals surface area contributed by atoms with Crippen molar-refractivity contribution in [1.82, 2.24) is 5.32 Å². The minimum atomic E-state index is -0.111. The van der Waals surface area contributed by atoms with Crippen LogP contribution in [0.1, 0.15) is 31.0 Å². The molecular weight excluding hydrogens is 334 g/mol. The fourth-order valence-corrected chi connectivity index (χ4v) is 3.47. The Labute approximate surface area is 152 Å². The highest BCUT2D eigenvalue weighted by atomic mass is 32.2. The van der Waals surface area contributed by atoms with Gasteiger partial charge in [0, 0.05) is 5.75 Å². The molecule has 1 heterocycles. The van der Waals surface area contributed by atoms with Crippen LogP contribution in [0.2, 0.25) is 0 Å². The van der Waals surface area contributed by atoms with Gasteiger partial charge in [0.15, 0.2) is 11.5 Å². The van der Waals surface area contributed by atoms with E-state index in [0.717, 1.165) is 22.8 Å². The van der Waals surface area contributed by atoms with Gasteiger partial charge in [0.05, 0.1) is 11.3 Å². The van der Waals surface area contributed by atoms with E-state index < -0.39 is 0 Å². The molecular formula is C20H23NO3S. The number of benzene rings is 2. The van der Waals surface area contributed by atoms with Crippen LogP contribution in [0.4, 0.5) is 0 Å². The molecule has 0 fully saturated rings. The maximum absolute atomic E-state index is 12.4. The number of ether oxygens (including phenoxy) is 2. The molecule has 2 aromatic carbocycles. The van der Waals surface area contributed by atoms with Gasteiger partial charge < -0.3 is 14.8 Å². The molecule has 0 bridgehead atoms. The van der Waals surface area contributed by atoms with Gasteiger partial charge in [0.25, 0.3) is 0 Å². The SMILES string of the molecule is C[C@H](SCc1ccccc1)C(=O)N[C@H](C)c1ccc2c(c1)OCCO2. The lowest BCUT2D eigenvalue weighted by molar-refractivity contribution is -0.120. The summed E-state index contributed by atoms with van der Waals surface area (Å²) >= 11 is 1.64. The van der Waals surface area contributed by atoms with E-state index in [1.165, 1.54) is 5.56 Å². The topological polar surface area (TPSA) is 47.6 Å². The molecule has 0 radical (unpaired) electrons. The highest BCUT2D eigenvalue weighted by molar-refractivity contribution is 7.99. The molecule has 1 aliphatic heterocycles. The van der Waals surface area contributed by atoms with Crippen LogP contribution in [-0.4, -0.2) is 24.4 Å². The molecule has 0 aliphatic carbocycles. The smallest absolute Gasteiger partial charge is 0.233 e. The minimum absolute atomic E-state index is 0.0447. The van der Waals surface area contributed by atoms with Crippen molar-refractivity contribution in [2.45, 2.75) is 30.9 Å². The van der Waals surface area contributed by atoms with Gasteiger partial charge in [-0.2, -0.15) is 0 Å². The van der Waals surface area contributed by atoms with E-state index >= 15 is 0 Å². The Morgan fingerprint density at radius 3 is 2.56 bits per heavy atom. The first-order chi connectivity index (χ1) is 12.1. The summed E-state index contributed by atoms with van der Waals surface area (Å²) in [6, 6.07) is 15.9.